The minimum atomic E-state index is -0.335. The Hall–Kier alpha value is -2.73. The van der Waals surface area contributed by atoms with Crippen molar-refractivity contribution < 1.29 is 13.9 Å². The van der Waals surface area contributed by atoms with Gasteiger partial charge < -0.3 is 15.4 Å². The summed E-state index contributed by atoms with van der Waals surface area (Å²) in [5, 5.41) is 6.47. The number of methoxy groups -OCH3 is 1. The number of halogens is 1. The largest absolute Gasteiger partial charge is 0.494 e. The minimum Gasteiger partial charge on any atom is -0.494 e. The van der Waals surface area contributed by atoms with Gasteiger partial charge in [-0.1, -0.05) is 24.3 Å². The zero-order chi connectivity index (χ0) is 23.2. The molecular weight excluding hydrogens is 417 g/mol. The highest BCUT2D eigenvalue weighted by molar-refractivity contribution is 5.94. The second-order valence-corrected chi connectivity index (χ2v) is 9.23. The Labute approximate surface area is 195 Å². The second kappa shape index (κ2) is 10.9. The zero-order valence-corrected chi connectivity index (χ0v) is 19.5. The number of nitrogens with one attached hydrogen (secondary N) is 2. The maximum Gasteiger partial charge on any atom is 0.251 e. The molecule has 1 heterocycles. The molecule has 3 atom stereocenters. The van der Waals surface area contributed by atoms with Gasteiger partial charge in [-0.15, -0.1) is 0 Å². The Kier molecular flexibility index (Phi) is 7.76. The monoisotopic (exact) mass is 451 g/mol. The van der Waals surface area contributed by atoms with Gasteiger partial charge in [0.25, 0.3) is 5.91 Å². The molecule has 1 aliphatic carbocycles. The van der Waals surface area contributed by atoms with Gasteiger partial charge in [-0.05, 0) is 87.7 Å². The molecule has 1 saturated carbocycles. The van der Waals surface area contributed by atoms with Crippen LogP contribution < -0.4 is 15.4 Å². The third-order valence-electron chi connectivity index (χ3n) is 6.98. The van der Waals surface area contributed by atoms with Crippen LogP contribution in [0.3, 0.4) is 0 Å². The quantitative estimate of drug-likeness (QED) is 0.580. The molecule has 176 valence electrons. The van der Waals surface area contributed by atoms with Crippen LogP contribution in [0, 0.1) is 11.7 Å². The molecule has 4 rings (SSSR count). The third kappa shape index (κ3) is 5.80. The summed E-state index contributed by atoms with van der Waals surface area (Å²) in [5.74, 6) is 0.783. The number of amides is 1. The van der Waals surface area contributed by atoms with Crippen molar-refractivity contribution >= 4 is 12.1 Å². The lowest BCUT2D eigenvalue weighted by Gasteiger charge is -2.23. The molecule has 1 aliphatic heterocycles. The van der Waals surface area contributed by atoms with E-state index >= 15 is 0 Å². The Morgan fingerprint density at radius 1 is 1.15 bits per heavy atom. The van der Waals surface area contributed by atoms with Crippen LogP contribution in [0.1, 0.15) is 72.5 Å². The topological polar surface area (TPSA) is 62.7 Å². The molecular formula is C27H34FN3O2. The number of carbonyl (C=O) groups is 1. The van der Waals surface area contributed by atoms with Gasteiger partial charge in [-0.25, -0.2) is 4.39 Å². The first-order chi connectivity index (χ1) is 16.0. The maximum atomic E-state index is 14.5. The first-order valence-electron chi connectivity index (χ1n) is 12.0. The van der Waals surface area contributed by atoms with Crippen LogP contribution in [0.15, 0.2) is 47.5 Å². The number of rotatable bonds is 7. The van der Waals surface area contributed by atoms with E-state index in [1.165, 1.54) is 12.7 Å². The predicted octanol–water partition coefficient (Wildman–Crippen LogP) is 5.03. The second-order valence-electron chi connectivity index (χ2n) is 9.23. The molecule has 6 heteroatoms. The van der Waals surface area contributed by atoms with Crippen LogP contribution >= 0.6 is 0 Å². The summed E-state index contributed by atoms with van der Waals surface area (Å²) < 4.78 is 19.6. The van der Waals surface area contributed by atoms with Crippen molar-refractivity contribution in [2.24, 2.45) is 10.9 Å². The standard InChI is InChI=1S/C27H34FN3O2/c1-18(24-4-3-5-25(33-2)26(24)28)30-17-19-6-7-22(16-19)20-8-10-21(11-9-20)27(32)31-23-12-14-29-15-13-23/h3-5,8-11,17-19,22-23,29H,6-7,12-16H2,1-2H3,(H,31,32)/t18-,19?,22+/m1/s1. The molecule has 0 bridgehead atoms. The van der Waals surface area contributed by atoms with E-state index in [1.807, 2.05) is 25.3 Å². The summed E-state index contributed by atoms with van der Waals surface area (Å²) in [7, 11) is 1.47. The van der Waals surface area contributed by atoms with Crippen LogP contribution in [-0.4, -0.2) is 38.4 Å². The van der Waals surface area contributed by atoms with Gasteiger partial charge in [0, 0.05) is 23.4 Å². The lowest BCUT2D eigenvalue weighted by molar-refractivity contribution is 0.0929. The molecule has 2 aromatic carbocycles. The highest BCUT2D eigenvalue weighted by Gasteiger charge is 2.25. The summed E-state index contributed by atoms with van der Waals surface area (Å²) in [6, 6.07) is 13.3. The van der Waals surface area contributed by atoms with E-state index in [0.29, 0.717) is 17.4 Å². The molecule has 2 aliphatic rings. The van der Waals surface area contributed by atoms with Crippen LogP contribution in [0.4, 0.5) is 4.39 Å². The normalized spacial score (nSPS) is 22.4. The fourth-order valence-corrected chi connectivity index (χ4v) is 4.94. The van der Waals surface area contributed by atoms with Crippen molar-refractivity contribution in [1.29, 1.82) is 0 Å². The summed E-state index contributed by atoms with van der Waals surface area (Å²) in [5.41, 5.74) is 2.55. The molecule has 5 nitrogen and oxygen atoms in total. The average Bonchev–Trinajstić information content (AvgIpc) is 3.32. The lowest BCUT2D eigenvalue weighted by atomic mass is 9.95. The highest BCUT2D eigenvalue weighted by Crippen LogP contribution is 2.38. The number of nitrogens with zero attached hydrogens (tertiary/aromatic N) is 1. The number of hydrogen-bond acceptors (Lipinski definition) is 4. The average molecular weight is 452 g/mol. The molecule has 2 aromatic rings. The highest BCUT2D eigenvalue weighted by atomic mass is 19.1. The van der Waals surface area contributed by atoms with Crippen molar-refractivity contribution in [1.82, 2.24) is 10.6 Å². The molecule has 2 N–H and O–H groups in total. The Morgan fingerprint density at radius 3 is 2.64 bits per heavy atom. The number of benzene rings is 2. The Bertz CT molecular complexity index is 970. The van der Waals surface area contributed by atoms with Crippen molar-refractivity contribution in [2.75, 3.05) is 20.2 Å². The van der Waals surface area contributed by atoms with E-state index in [2.05, 4.69) is 27.8 Å². The van der Waals surface area contributed by atoms with Gasteiger partial charge in [0.05, 0.1) is 13.2 Å². The van der Waals surface area contributed by atoms with Gasteiger partial charge in [0.2, 0.25) is 0 Å². The Morgan fingerprint density at radius 2 is 1.91 bits per heavy atom. The fraction of sp³-hybridized carbons (Fsp3) is 0.481. The predicted molar refractivity (Wildman–Crippen MR) is 130 cm³/mol. The third-order valence-corrected chi connectivity index (χ3v) is 6.98. The number of carbonyl (C=O) groups excluding carboxylic acids is 1. The van der Waals surface area contributed by atoms with Gasteiger partial charge >= 0.3 is 0 Å². The molecule has 2 fully saturated rings. The molecule has 0 spiro atoms. The SMILES string of the molecule is COc1cccc([C@@H](C)N=CC2CC[C@H](c3ccc(C(=O)NC4CCNCC4)cc3)C2)c1F. The molecule has 0 aromatic heterocycles. The fourth-order valence-electron chi connectivity index (χ4n) is 4.94. The van der Waals surface area contributed by atoms with Crippen LogP contribution in [0.5, 0.6) is 5.75 Å². The van der Waals surface area contributed by atoms with Crippen LogP contribution in [-0.2, 0) is 0 Å². The summed E-state index contributed by atoms with van der Waals surface area (Å²) in [6.45, 7) is 3.83. The van der Waals surface area contributed by atoms with E-state index in [9.17, 15) is 9.18 Å². The van der Waals surface area contributed by atoms with Crippen LogP contribution in [0.2, 0.25) is 0 Å². The van der Waals surface area contributed by atoms with Gasteiger partial charge in [-0.2, -0.15) is 0 Å². The molecule has 1 amide bonds. The summed E-state index contributed by atoms with van der Waals surface area (Å²) in [4.78, 5) is 17.2. The first-order valence-corrected chi connectivity index (χ1v) is 12.0. The molecule has 1 unspecified atom stereocenters. The van der Waals surface area contributed by atoms with Crippen molar-refractivity contribution in [2.45, 2.75) is 57.0 Å². The first kappa shape index (κ1) is 23.4. The molecule has 33 heavy (non-hydrogen) atoms. The van der Waals surface area contributed by atoms with E-state index in [0.717, 1.165) is 50.8 Å². The molecule has 0 radical (unpaired) electrons. The van der Waals surface area contributed by atoms with Crippen molar-refractivity contribution in [3.05, 3.63) is 65.0 Å². The van der Waals surface area contributed by atoms with Gasteiger partial charge in [0.1, 0.15) is 0 Å². The minimum absolute atomic E-state index is 0.0173. The maximum absolute atomic E-state index is 14.5. The van der Waals surface area contributed by atoms with E-state index in [1.54, 1.807) is 18.2 Å². The number of aliphatic imine (C=N–C) groups is 1. The van der Waals surface area contributed by atoms with Gasteiger partial charge in [-0.3, -0.25) is 9.79 Å². The summed E-state index contributed by atoms with van der Waals surface area (Å²) in [6.07, 6.45) is 7.16. The lowest BCUT2D eigenvalue weighted by Crippen LogP contribution is -2.42. The van der Waals surface area contributed by atoms with Crippen LogP contribution in [0.25, 0.3) is 0 Å². The van der Waals surface area contributed by atoms with Crippen molar-refractivity contribution in [3.8, 4) is 5.75 Å². The number of ether oxygens (including phenoxy) is 1. The Balaban J connectivity index is 1.31. The van der Waals surface area contributed by atoms with E-state index in [-0.39, 0.29) is 29.6 Å². The number of hydrogen-bond donors (Lipinski definition) is 2. The van der Waals surface area contributed by atoms with Crippen molar-refractivity contribution in [3.63, 3.8) is 0 Å². The number of piperidine rings is 1. The van der Waals surface area contributed by atoms with Gasteiger partial charge in [0.15, 0.2) is 11.6 Å². The van der Waals surface area contributed by atoms with E-state index in [4.69, 9.17) is 4.74 Å². The van der Waals surface area contributed by atoms with E-state index < -0.39 is 0 Å². The summed E-state index contributed by atoms with van der Waals surface area (Å²) >= 11 is 0. The molecule has 1 saturated heterocycles. The smallest absolute Gasteiger partial charge is 0.251 e. The zero-order valence-electron chi connectivity index (χ0n) is 19.5.